The predicted molar refractivity (Wildman–Crippen MR) is 71.2 cm³/mol. The number of amides is 1. The summed E-state index contributed by atoms with van der Waals surface area (Å²) in [5, 5.41) is 11.9. The Labute approximate surface area is 115 Å². The van der Waals surface area contributed by atoms with Crippen LogP contribution < -0.4 is 16.8 Å². The van der Waals surface area contributed by atoms with Gasteiger partial charge in [-0.1, -0.05) is 32.4 Å². The molecule has 0 bridgehead atoms. The monoisotopic (exact) mass is 279 g/mol. The number of hydrogen-bond acceptors (Lipinski definition) is 5. The van der Waals surface area contributed by atoms with E-state index in [0.29, 0.717) is 5.56 Å². The smallest absolute Gasteiger partial charge is 0.257 e. The van der Waals surface area contributed by atoms with Gasteiger partial charge >= 0.3 is 0 Å². The van der Waals surface area contributed by atoms with E-state index in [1.165, 1.54) is 0 Å². The largest absolute Gasteiger partial charge is 0.383 e. The number of nitrogens with one attached hydrogen (secondary N) is 1. The number of carbonyl (C=O) groups excluding carboxylic acids is 1. The summed E-state index contributed by atoms with van der Waals surface area (Å²) in [4.78, 5) is 15.9. The lowest BCUT2D eigenvalue weighted by molar-refractivity contribution is 0.0841. The summed E-state index contributed by atoms with van der Waals surface area (Å²) in [6.45, 7) is 5.57. The van der Waals surface area contributed by atoms with Crippen LogP contribution in [-0.4, -0.2) is 10.9 Å². The standard InChI is InChI=1S/C12H14ClN5O/c1-11(2,3)12(16)7-5(4-14)8(13)17-9(15)6(7)10(19)18-12/h16H2,1-3H3,(H2,15,17)(H,18,19). The van der Waals surface area contributed by atoms with Crippen LogP contribution in [0.4, 0.5) is 5.82 Å². The van der Waals surface area contributed by atoms with Crippen LogP contribution in [0.3, 0.4) is 0 Å². The number of hydrogen-bond donors (Lipinski definition) is 3. The van der Waals surface area contributed by atoms with Crippen molar-refractivity contribution < 1.29 is 4.79 Å². The molecule has 1 atom stereocenters. The lowest BCUT2D eigenvalue weighted by atomic mass is 9.76. The molecule has 2 rings (SSSR count). The van der Waals surface area contributed by atoms with E-state index in [1.54, 1.807) is 0 Å². The van der Waals surface area contributed by atoms with E-state index in [1.807, 2.05) is 26.8 Å². The summed E-state index contributed by atoms with van der Waals surface area (Å²) >= 11 is 5.93. The molecule has 7 heteroatoms. The molecular formula is C12H14ClN5O. The molecule has 1 aliphatic rings. The van der Waals surface area contributed by atoms with Gasteiger partial charge in [0.1, 0.15) is 22.7 Å². The molecule has 2 heterocycles. The van der Waals surface area contributed by atoms with Crippen molar-refractivity contribution in [2.75, 3.05) is 5.73 Å². The molecule has 19 heavy (non-hydrogen) atoms. The van der Waals surface area contributed by atoms with Crippen molar-refractivity contribution in [3.05, 3.63) is 21.8 Å². The number of nitrogen functional groups attached to an aromatic ring is 1. The van der Waals surface area contributed by atoms with E-state index in [9.17, 15) is 10.1 Å². The maximum atomic E-state index is 12.1. The van der Waals surface area contributed by atoms with E-state index in [-0.39, 0.29) is 22.1 Å². The highest BCUT2D eigenvalue weighted by molar-refractivity contribution is 6.31. The van der Waals surface area contributed by atoms with Gasteiger partial charge in [-0.2, -0.15) is 5.26 Å². The highest BCUT2D eigenvalue weighted by atomic mass is 35.5. The van der Waals surface area contributed by atoms with E-state index in [4.69, 9.17) is 23.1 Å². The van der Waals surface area contributed by atoms with E-state index < -0.39 is 17.0 Å². The Balaban J connectivity index is 2.92. The van der Waals surface area contributed by atoms with Crippen LogP contribution in [0, 0.1) is 16.7 Å². The van der Waals surface area contributed by atoms with Gasteiger partial charge in [0.2, 0.25) is 0 Å². The second-order valence-electron chi connectivity index (χ2n) is 5.54. The number of carbonyl (C=O) groups is 1. The molecule has 0 fully saturated rings. The molecule has 0 spiro atoms. The SMILES string of the molecule is CC(C)(C)C1(N)NC(=O)c2c(N)nc(Cl)c(C#N)c21. The number of nitriles is 1. The number of pyridine rings is 1. The fourth-order valence-corrected chi connectivity index (χ4v) is 2.39. The molecule has 6 nitrogen and oxygen atoms in total. The molecule has 1 amide bonds. The summed E-state index contributed by atoms with van der Waals surface area (Å²) in [6.07, 6.45) is 0. The van der Waals surface area contributed by atoms with E-state index >= 15 is 0 Å². The third-order valence-electron chi connectivity index (χ3n) is 3.41. The number of nitrogens with zero attached hydrogens (tertiary/aromatic N) is 2. The molecular weight excluding hydrogens is 266 g/mol. The Morgan fingerprint density at radius 1 is 1.47 bits per heavy atom. The predicted octanol–water partition coefficient (Wildman–Crippen LogP) is 1.09. The highest BCUT2D eigenvalue weighted by Crippen LogP contribution is 2.44. The zero-order valence-electron chi connectivity index (χ0n) is 10.8. The second-order valence-corrected chi connectivity index (χ2v) is 5.89. The molecule has 1 aromatic heterocycles. The van der Waals surface area contributed by atoms with Gasteiger partial charge in [-0.05, 0) is 0 Å². The minimum atomic E-state index is -1.22. The van der Waals surface area contributed by atoms with Crippen molar-refractivity contribution in [3.63, 3.8) is 0 Å². The number of halogens is 1. The first kappa shape index (κ1) is 13.6. The lowest BCUT2D eigenvalue weighted by Crippen LogP contribution is -2.57. The number of rotatable bonds is 0. The lowest BCUT2D eigenvalue weighted by Gasteiger charge is -2.39. The molecule has 1 aromatic rings. The minimum absolute atomic E-state index is 0.0203. The molecule has 1 unspecified atom stereocenters. The van der Waals surface area contributed by atoms with Gasteiger partial charge in [0.05, 0.1) is 11.1 Å². The number of fused-ring (bicyclic) bond motifs is 1. The maximum Gasteiger partial charge on any atom is 0.257 e. The van der Waals surface area contributed by atoms with Crippen molar-refractivity contribution in [2.24, 2.45) is 11.1 Å². The summed E-state index contributed by atoms with van der Waals surface area (Å²) in [6, 6.07) is 1.95. The Kier molecular flexibility index (Phi) is 2.74. The number of aromatic nitrogens is 1. The first-order chi connectivity index (χ1) is 8.63. The van der Waals surface area contributed by atoms with Crippen molar-refractivity contribution >= 4 is 23.3 Å². The quantitative estimate of drug-likeness (QED) is 0.614. The molecule has 0 radical (unpaired) electrons. The molecule has 0 saturated heterocycles. The van der Waals surface area contributed by atoms with Crippen LogP contribution in [0.15, 0.2) is 0 Å². The van der Waals surface area contributed by atoms with Gasteiger partial charge in [-0.3, -0.25) is 4.79 Å². The van der Waals surface area contributed by atoms with Crippen LogP contribution >= 0.6 is 11.6 Å². The molecule has 0 saturated carbocycles. The van der Waals surface area contributed by atoms with Gasteiger partial charge in [0.15, 0.2) is 0 Å². The maximum absolute atomic E-state index is 12.1. The van der Waals surface area contributed by atoms with Crippen LogP contribution in [0.5, 0.6) is 0 Å². The molecule has 100 valence electrons. The minimum Gasteiger partial charge on any atom is -0.383 e. The van der Waals surface area contributed by atoms with Crippen molar-refractivity contribution in [1.29, 1.82) is 5.26 Å². The summed E-state index contributed by atoms with van der Waals surface area (Å²) < 4.78 is 0. The average molecular weight is 280 g/mol. The van der Waals surface area contributed by atoms with Crippen molar-refractivity contribution in [3.8, 4) is 6.07 Å². The summed E-state index contributed by atoms with van der Waals surface area (Å²) in [5.41, 5.74) is 10.9. The number of nitrogens with two attached hydrogens (primary N) is 2. The third kappa shape index (κ3) is 1.66. The summed E-state index contributed by atoms with van der Waals surface area (Å²) in [5.74, 6) is -0.460. The first-order valence-corrected chi connectivity index (χ1v) is 6.02. The van der Waals surface area contributed by atoms with Gasteiger partial charge in [0.25, 0.3) is 5.91 Å². The van der Waals surface area contributed by atoms with Crippen molar-refractivity contribution in [1.82, 2.24) is 10.3 Å². The van der Waals surface area contributed by atoms with Gasteiger partial charge < -0.3 is 16.8 Å². The van der Waals surface area contributed by atoms with Crippen LogP contribution in [0.25, 0.3) is 0 Å². The Hall–Kier alpha value is -1.84. The molecule has 0 aliphatic carbocycles. The average Bonchev–Trinajstić information content (AvgIpc) is 2.52. The first-order valence-electron chi connectivity index (χ1n) is 5.64. The van der Waals surface area contributed by atoms with Crippen LogP contribution in [-0.2, 0) is 5.66 Å². The zero-order chi connectivity index (χ0) is 14.6. The van der Waals surface area contributed by atoms with Crippen LogP contribution in [0.2, 0.25) is 5.15 Å². The fraction of sp³-hybridized carbons (Fsp3) is 0.417. The summed E-state index contributed by atoms with van der Waals surface area (Å²) in [7, 11) is 0. The number of anilines is 1. The van der Waals surface area contributed by atoms with E-state index in [2.05, 4.69) is 10.3 Å². The zero-order valence-corrected chi connectivity index (χ0v) is 11.6. The Morgan fingerprint density at radius 3 is 2.53 bits per heavy atom. The van der Waals surface area contributed by atoms with Gasteiger partial charge in [0, 0.05) is 11.0 Å². The Morgan fingerprint density at radius 2 is 2.05 bits per heavy atom. The van der Waals surface area contributed by atoms with Crippen LogP contribution in [0.1, 0.15) is 42.3 Å². The highest BCUT2D eigenvalue weighted by Gasteiger charge is 2.51. The second kappa shape index (κ2) is 3.83. The third-order valence-corrected chi connectivity index (χ3v) is 3.68. The fourth-order valence-electron chi connectivity index (χ4n) is 2.17. The molecule has 0 aromatic carbocycles. The topological polar surface area (TPSA) is 118 Å². The molecule has 1 aliphatic heterocycles. The van der Waals surface area contributed by atoms with Gasteiger partial charge in [-0.15, -0.1) is 0 Å². The molecule has 5 N–H and O–H groups in total. The van der Waals surface area contributed by atoms with Gasteiger partial charge in [-0.25, -0.2) is 4.98 Å². The normalized spacial score (nSPS) is 21.8. The van der Waals surface area contributed by atoms with Crippen molar-refractivity contribution in [2.45, 2.75) is 26.4 Å². The Bertz CT molecular complexity index is 628. The van der Waals surface area contributed by atoms with E-state index in [0.717, 1.165) is 0 Å².